The standard InChI is InChI=1S/C12H14BrN3O/c1-8(10-3-5-11(13)6-4-10)14-7-12-15-9(2)17-16-12/h3-6,8,14H,7H2,1-2H3. The highest BCUT2D eigenvalue weighted by Crippen LogP contribution is 2.16. The van der Waals surface area contributed by atoms with E-state index < -0.39 is 0 Å². The Bertz CT molecular complexity index is 481. The molecule has 17 heavy (non-hydrogen) atoms. The van der Waals surface area contributed by atoms with Gasteiger partial charge in [-0.1, -0.05) is 33.2 Å². The van der Waals surface area contributed by atoms with Gasteiger partial charge >= 0.3 is 0 Å². The summed E-state index contributed by atoms with van der Waals surface area (Å²) in [5.74, 6) is 1.28. The van der Waals surface area contributed by atoms with Crippen LogP contribution in [0.3, 0.4) is 0 Å². The molecule has 1 aromatic heterocycles. The lowest BCUT2D eigenvalue weighted by atomic mass is 10.1. The first-order valence-electron chi connectivity index (χ1n) is 5.43. The van der Waals surface area contributed by atoms with E-state index >= 15 is 0 Å². The van der Waals surface area contributed by atoms with E-state index in [1.165, 1.54) is 5.56 Å². The molecule has 0 radical (unpaired) electrons. The van der Waals surface area contributed by atoms with Gasteiger partial charge in [-0.05, 0) is 24.6 Å². The van der Waals surface area contributed by atoms with Crippen molar-refractivity contribution in [2.45, 2.75) is 26.4 Å². The zero-order valence-electron chi connectivity index (χ0n) is 9.77. The lowest BCUT2D eigenvalue weighted by Gasteiger charge is -2.12. The molecule has 1 N–H and O–H groups in total. The average molecular weight is 296 g/mol. The summed E-state index contributed by atoms with van der Waals surface area (Å²) < 4.78 is 6.00. The number of rotatable bonds is 4. The Morgan fingerprint density at radius 2 is 2.06 bits per heavy atom. The van der Waals surface area contributed by atoms with E-state index in [0.717, 1.165) is 4.47 Å². The van der Waals surface area contributed by atoms with Gasteiger partial charge in [0.15, 0.2) is 5.82 Å². The molecular formula is C12H14BrN3O. The summed E-state index contributed by atoms with van der Waals surface area (Å²) in [6.07, 6.45) is 0. The maximum Gasteiger partial charge on any atom is 0.223 e. The van der Waals surface area contributed by atoms with Crippen molar-refractivity contribution in [3.8, 4) is 0 Å². The highest BCUT2D eigenvalue weighted by atomic mass is 79.9. The van der Waals surface area contributed by atoms with E-state index in [1.807, 2.05) is 12.1 Å². The molecule has 0 aliphatic rings. The fourth-order valence-corrected chi connectivity index (χ4v) is 1.79. The number of benzene rings is 1. The van der Waals surface area contributed by atoms with Crippen LogP contribution in [0, 0.1) is 6.92 Å². The maximum atomic E-state index is 4.91. The second kappa shape index (κ2) is 5.42. The molecule has 0 fully saturated rings. The number of nitrogens with one attached hydrogen (secondary N) is 1. The summed E-state index contributed by atoms with van der Waals surface area (Å²) in [6.45, 7) is 4.50. The van der Waals surface area contributed by atoms with Crippen LogP contribution in [0.15, 0.2) is 33.3 Å². The van der Waals surface area contributed by atoms with Crippen LogP contribution >= 0.6 is 15.9 Å². The Balaban J connectivity index is 1.93. The third kappa shape index (κ3) is 3.38. The molecule has 5 heteroatoms. The van der Waals surface area contributed by atoms with Gasteiger partial charge in [-0.3, -0.25) is 0 Å². The molecule has 90 valence electrons. The number of hydrogen-bond acceptors (Lipinski definition) is 4. The van der Waals surface area contributed by atoms with E-state index in [0.29, 0.717) is 18.3 Å². The van der Waals surface area contributed by atoms with Crippen molar-refractivity contribution >= 4 is 15.9 Å². The Hall–Kier alpha value is -1.20. The van der Waals surface area contributed by atoms with Crippen LogP contribution in [0.2, 0.25) is 0 Å². The lowest BCUT2D eigenvalue weighted by molar-refractivity contribution is 0.384. The van der Waals surface area contributed by atoms with Crippen molar-refractivity contribution in [3.63, 3.8) is 0 Å². The summed E-state index contributed by atoms with van der Waals surface area (Å²) in [5, 5.41) is 7.19. The van der Waals surface area contributed by atoms with Crippen molar-refractivity contribution in [3.05, 3.63) is 46.0 Å². The molecule has 0 saturated heterocycles. The molecule has 1 atom stereocenters. The summed E-state index contributed by atoms with van der Waals surface area (Å²) >= 11 is 3.42. The minimum Gasteiger partial charge on any atom is -0.340 e. The number of hydrogen-bond donors (Lipinski definition) is 1. The summed E-state index contributed by atoms with van der Waals surface area (Å²) in [4.78, 5) is 4.14. The fraction of sp³-hybridized carbons (Fsp3) is 0.333. The summed E-state index contributed by atoms with van der Waals surface area (Å²) in [5.41, 5.74) is 1.23. The van der Waals surface area contributed by atoms with Crippen LogP contribution in [0.1, 0.15) is 30.2 Å². The number of aryl methyl sites for hydroxylation is 1. The monoisotopic (exact) mass is 295 g/mol. The van der Waals surface area contributed by atoms with Gasteiger partial charge in [0.25, 0.3) is 0 Å². The molecule has 0 saturated carbocycles. The first-order valence-corrected chi connectivity index (χ1v) is 6.22. The van der Waals surface area contributed by atoms with Gasteiger partial charge in [0.1, 0.15) is 0 Å². The van der Waals surface area contributed by atoms with Gasteiger partial charge in [0.05, 0.1) is 6.54 Å². The minimum absolute atomic E-state index is 0.252. The third-order valence-corrected chi connectivity index (χ3v) is 3.03. The van der Waals surface area contributed by atoms with Crippen LogP contribution in [0.4, 0.5) is 0 Å². The first-order chi connectivity index (χ1) is 8.15. The van der Waals surface area contributed by atoms with E-state index in [9.17, 15) is 0 Å². The number of aromatic nitrogens is 2. The number of nitrogens with zero attached hydrogens (tertiary/aromatic N) is 2. The minimum atomic E-state index is 0.252. The predicted molar refractivity (Wildman–Crippen MR) is 68.4 cm³/mol. The number of halogens is 1. The van der Waals surface area contributed by atoms with Crippen LogP contribution < -0.4 is 5.32 Å². The zero-order valence-corrected chi connectivity index (χ0v) is 11.4. The van der Waals surface area contributed by atoms with Gasteiger partial charge in [0, 0.05) is 17.4 Å². The summed E-state index contributed by atoms with van der Waals surface area (Å²) in [7, 11) is 0. The highest BCUT2D eigenvalue weighted by Gasteiger charge is 2.07. The molecule has 1 aromatic carbocycles. The van der Waals surface area contributed by atoms with Gasteiger partial charge < -0.3 is 9.84 Å². The first kappa shape index (κ1) is 12.3. The normalized spacial score (nSPS) is 12.6. The third-order valence-electron chi connectivity index (χ3n) is 2.51. The van der Waals surface area contributed by atoms with Crippen molar-refractivity contribution < 1.29 is 4.52 Å². The Kier molecular flexibility index (Phi) is 3.91. The average Bonchev–Trinajstić information content (AvgIpc) is 2.73. The van der Waals surface area contributed by atoms with Gasteiger partial charge in [-0.2, -0.15) is 4.98 Å². The topological polar surface area (TPSA) is 51.0 Å². The summed E-state index contributed by atoms with van der Waals surface area (Å²) in [6, 6.07) is 8.49. The second-order valence-electron chi connectivity index (χ2n) is 3.88. The Morgan fingerprint density at radius 3 is 2.65 bits per heavy atom. The smallest absolute Gasteiger partial charge is 0.223 e. The Morgan fingerprint density at radius 1 is 1.35 bits per heavy atom. The van der Waals surface area contributed by atoms with Crippen LogP contribution in [0.25, 0.3) is 0 Å². The van der Waals surface area contributed by atoms with Crippen LogP contribution in [-0.4, -0.2) is 10.1 Å². The highest BCUT2D eigenvalue weighted by molar-refractivity contribution is 9.10. The van der Waals surface area contributed by atoms with Gasteiger partial charge in [-0.25, -0.2) is 0 Å². The lowest BCUT2D eigenvalue weighted by Crippen LogP contribution is -2.18. The van der Waals surface area contributed by atoms with Crippen molar-refractivity contribution in [1.29, 1.82) is 0 Å². The Labute approximate surface area is 109 Å². The molecule has 0 aliphatic heterocycles. The van der Waals surface area contributed by atoms with Crippen molar-refractivity contribution in [2.75, 3.05) is 0 Å². The van der Waals surface area contributed by atoms with Crippen LogP contribution in [-0.2, 0) is 6.54 Å². The largest absolute Gasteiger partial charge is 0.340 e. The quantitative estimate of drug-likeness (QED) is 0.942. The maximum absolute atomic E-state index is 4.91. The fourth-order valence-electron chi connectivity index (χ4n) is 1.53. The molecule has 0 spiro atoms. The molecule has 4 nitrogen and oxygen atoms in total. The molecule has 0 bridgehead atoms. The van der Waals surface area contributed by atoms with Gasteiger partial charge in [0.2, 0.25) is 5.89 Å². The van der Waals surface area contributed by atoms with E-state index in [2.05, 4.69) is 50.4 Å². The molecule has 2 rings (SSSR count). The molecule has 1 unspecified atom stereocenters. The molecule has 2 aromatic rings. The van der Waals surface area contributed by atoms with Gasteiger partial charge in [-0.15, -0.1) is 0 Å². The molecule has 1 heterocycles. The molecule has 0 aliphatic carbocycles. The van der Waals surface area contributed by atoms with E-state index in [1.54, 1.807) is 6.92 Å². The molecule has 0 amide bonds. The zero-order chi connectivity index (χ0) is 12.3. The van der Waals surface area contributed by atoms with Crippen molar-refractivity contribution in [1.82, 2.24) is 15.5 Å². The van der Waals surface area contributed by atoms with E-state index in [-0.39, 0.29) is 6.04 Å². The predicted octanol–water partition coefficient (Wildman–Crippen LogP) is 2.99. The molecular weight excluding hydrogens is 282 g/mol. The second-order valence-corrected chi connectivity index (χ2v) is 4.80. The van der Waals surface area contributed by atoms with Crippen molar-refractivity contribution in [2.24, 2.45) is 0 Å². The van der Waals surface area contributed by atoms with Crippen LogP contribution in [0.5, 0.6) is 0 Å². The van der Waals surface area contributed by atoms with E-state index in [4.69, 9.17) is 4.52 Å². The SMILES string of the molecule is Cc1nc(CNC(C)c2ccc(Br)cc2)no1.